The summed E-state index contributed by atoms with van der Waals surface area (Å²) in [6, 6.07) is 13.0. The number of amides is 1. The van der Waals surface area contributed by atoms with Gasteiger partial charge in [0.2, 0.25) is 0 Å². The van der Waals surface area contributed by atoms with Gasteiger partial charge in [0.1, 0.15) is 10.6 Å². The summed E-state index contributed by atoms with van der Waals surface area (Å²) in [6.07, 6.45) is 0. The third-order valence-corrected chi connectivity index (χ3v) is 4.55. The lowest BCUT2D eigenvalue weighted by atomic mass is 10.1. The van der Waals surface area contributed by atoms with Crippen LogP contribution in [0, 0.1) is 0 Å². The van der Waals surface area contributed by atoms with Crippen molar-refractivity contribution in [3.8, 4) is 5.75 Å². The van der Waals surface area contributed by atoms with Crippen molar-refractivity contribution in [2.45, 2.75) is 4.90 Å². The lowest BCUT2D eigenvalue weighted by Gasteiger charge is -2.10. The molecule has 0 bridgehead atoms. The van der Waals surface area contributed by atoms with Crippen LogP contribution < -0.4 is 11.1 Å². The first-order valence-corrected chi connectivity index (χ1v) is 8.60. The quantitative estimate of drug-likeness (QED) is 0.421. The summed E-state index contributed by atoms with van der Waals surface area (Å²) in [5.74, 6) is -0.682. The Balaban J connectivity index is 2.05. The molecule has 0 heterocycles. The van der Waals surface area contributed by atoms with Crippen molar-refractivity contribution in [2.75, 3.05) is 11.1 Å². The van der Waals surface area contributed by atoms with Crippen LogP contribution in [0.25, 0.3) is 10.8 Å². The third-order valence-electron chi connectivity index (χ3n) is 3.64. The molecule has 0 aliphatic rings. The lowest BCUT2D eigenvalue weighted by molar-refractivity contribution is 0.102. The van der Waals surface area contributed by atoms with Crippen LogP contribution in [-0.2, 0) is 10.1 Å². The molecule has 7 nitrogen and oxygen atoms in total. The molecule has 8 heteroatoms. The smallest absolute Gasteiger partial charge is 0.295 e. The van der Waals surface area contributed by atoms with Crippen molar-refractivity contribution in [3.05, 3.63) is 60.2 Å². The predicted octanol–water partition coefficient (Wildman–Crippen LogP) is 2.63. The van der Waals surface area contributed by atoms with E-state index in [0.29, 0.717) is 11.3 Å². The molecule has 0 aromatic heterocycles. The summed E-state index contributed by atoms with van der Waals surface area (Å²) in [5, 5.41) is 13.0. The fourth-order valence-electron chi connectivity index (χ4n) is 2.47. The molecule has 0 saturated carbocycles. The Labute approximate surface area is 143 Å². The van der Waals surface area contributed by atoms with Crippen LogP contribution in [0.5, 0.6) is 5.75 Å². The number of nitrogens with one attached hydrogen (secondary N) is 1. The molecule has 0 aliphatic heterocycles. The predicted molar refractivity (Wildman–Crippen MR) is 94.2 cm³/mol. The van der Waals surface area contributed by atoms with Gasteiger partial charge in [0.15, 0.2) is 0 Å². The van der Waals surface area contributed by atoms with E-state index in [1.807, 2.05) is 0 Å². The lowest BCUT2D eigenvalue weighted by Crippen LogP contribution is -2.12. The molecule has 0 unspecified atom stereocenters. The molecular weight excluding hydrogens is 344 g/mol. The molecule has 0 fully saturated rings. The summed E-state index contributed by atoms with van der Waals surface area (Å²) in [5.41, 5.74) is 6.61. The Morgan fingerprint density at radius 1 is 1.00 bits per heavy atom. The first kappa shape index (κ1) is 16.7. The number of aromatic hydroxyl groups is 1. The van der Waals surface area contributed by atoms with Crippen LogP contribution in [-0.4, -0.2) is 24.0 Å². The maximum atomic E-state index is 12.3. The second-order valence-corrected chi connectivity index (χ2v) is 6.79. The van der Waals surface area contributed by atoms with E-state index < -0.39 is 16.0 Å². The molecule has 25 heavy (non-hydrogen) atoms. The van der Waals surface area contributed by atoms with Crippen LogP contribution in [0.4, 0.5) is 11.4 Å². The van der Waals surface area contributed by atoms with Gasteiger partial charge < -0.3 is 16.2 Å². The Morgan fingerprint density at radius 2 is 1.68 bits per heavy atom. The largest absolute Gasteiger partial charge is 0.507 e. The molecule has 128 valence electrons. The fourth-order valence-corrected chi connectivity index (χ4v) is 3.17. The molecule has 1 amide bonds. The normalized spacial score (nSPS) is 11.4. The molecule has 0 aliphatic carbocycles. The summed E-state index contributed by atoms with van der Waals surface area (Å²) in [6.45, 7) is 0. The Morgan fingerprint density at radius 3 is 2.32 bits per heavy atom. The van der Waals surface area contributed by atoms with Crippen molar-refractivity contribution in [2.24, 2.45) is 0 Å². The van der Waals surface area contributed by atoms with E-state index in [9.17, 15) is 22.9 Å². The molecule has 5 N–H and O–H groups in total. The van der Waals surface area contributed by atoms with Crippen molar-refractivity contribution in [1.29, 1.82) is 0 Å². The standard InChI is InChI=1S/C17H14N2O5S/c18-11-6-4-10(5-7-11)17(21)19-12-8-14-13(15(20)9-12)2-1-3-16(14)25(22,23)24/h1-9,20H,18H2,(H,19,21)(H,22,23,24). The number of carbonyl (C=O) groups excluding carboxylic acids is 1. The highest BCUT2D eigenvalue weighted by Crippen LogP contribution is 2.33. The van der Waals surface area contributed by atoms with E-state index in [1.54, 1.807) is 12.1 Å². The first-order valence-electron chi connectivity index (χ1n) is 7.16. The number of fused-ring (bicyclic) bond motifs is 1. The SMILES string of the molecule is Nc1ccc(C(=O)Nc2cc(O)c3cccc(S(=O)(=O)O)c3c2)cc1. The Kier molecular flexibility index (Phi) is 4.07. The maximum absolute atomic E-state index is 12.3. The number of phenols is 1. The number of nitrogens with two attached hydrogens (primary N) is 1. The second-order valence-electron chi connectivity index (χ2n) is 5.40. The fraction of sp³-hybridized carbons (Fsp3) is 0. The van der Waals surface area contributed by atoms with Gasteiger partial charge in [-0.1, -0.05) is 12.1 Å². The molecular formula is C17H14N2O5S. The minimum absolute atomic E-state index is 0.0950. The van der Waals surface area contributed by atoms with Crippen molar-refractivity contribution < 1.29 is 22.9 Å². The average Bonchev–Trinajstić information content (AvgIpc) is 2.54. The third kappa shape index (κ3) is 3.39. The van der Waals surface area contributed by atoms with Gasteiger partial charge in [0.05, 0.1) is 0 Å². The number of phenolic OH excluding ortho intramolecular Hbond substituents is 1. The zero-order chi connectivity index (χ0) is 18.2. The van der Waals surface area contributed by atoms with Gasteiger partial charge in [-0.05, 0) is 36.4 Å². The highest BCUT2D eigenvalue weighted by atomic mass is 32.2. The number of anilines is 2. The Hall–Kier alpha value is -3.10. The molecule has 3 rings (SSSR count). The van der Waals surface area contributed by atoms with E-state index >= 15 is 0 Å². The number of carbonyl (C=O) groups is 1. The van der Waals surface area contributed by atoms with Crippen LogP contribution in [0.3, 0.4) is 0 Å². The van der Waals surface area contributed by atoms with Crippen LogP contribution in [0.15, 0.2) is 59.5 Å². The van der Waals surface area contributed by atoms with E-state index in [4.69, 9.17) is 5.73 Å². The molecule has 0 saturated heterocycles. The van der Waals surface area contributed by atoms with E-state index in [2.05, 4.69) is 5.32 Å². The van der Waals surface area contributed by atoms with E-state index in [-0.39, 0.29) is 27.1 Å². The number of hydrogen-bond donors (Lipinski definition) is 4. The molecule has 3 aromatic rings. The average molecular weight is 358 g/mol. The summed E-state index contributed by atoms with van der Waals surface area (Å²) in [4.78, 5) is 11.9. The van der Waals surface area contributed by atoms with Crippen molar-refractivity contribution in [3.63, 3.8) is 0 Å². The molecule has 0 radical (unpaired) electrons. The van der Waals surface area contributed by atoms with Gasteiger partial charge in [-0.3, -0.25) is 9.35 Å². The summed E-state index contributed by atoms with van der Waals surface area (Å²) < 4.78 is 32.4. The Bertz CT molecular complexity index is 1080. The summed E-state index contributed by atoms with van der Waals surface area (Å²) in [7, 11) is -4.49. The topological polar surface area (TPSA) is 130 Å². The second kappa shape index (κ2) is 6.08. The highest BCUT2D eigenvalue weighted by molar-refractivity contribution is 7.86. The molecule has 0 atom stereocenters. The monoisotopic (exact) mass is 358 g/mol. The molecule has 3 aromatic carbocycles. The van der Waals surface area contributed by atoms with Crippen molar-refractivity contribution >= 4 is 38.2 Å². The van der Waals surface area contributed by atoms with Gasteiger partial charge in [0.25, 0.3) is 16.0 Å². The van der Waals surface area contributed by atoms with Gasteiger partial charge in [-0.25, -0.2) is 0 Å². The minimum atomic E-state index is -4.49. The maximum Gasteiger partial charge on any atom is 0.295 e. The van der Waals surface area contributed by atoms with Gasteiger partial charge in [-0.2, -0.15) is 8.42 Å². The van der Waals surface area contributed by atoms with E-state index in [1.165, 1.54) is 42.5 Å². The number of rotatable bonds is 3. The van der Waals surface area contributed by atoms with Crippen molar-refractivity contribution in [1.82, 2.24) is 0 Å². The van der Waals surface area contributed by atoms with Gasteiger partial charge >= 0.3 is 0 Å². The number of hydrogen-bond acceptors (Lipinski definition) is 5. The van der Waals surface area contributed by atoms with Crippen LogP contribution >= 0.6 is 0 Å². The highest BCUT2D eigenvalue weighted by Gasteiger charge is 2.17. The zero-order valence-corrected chi connectivity index (χ0v) is 13.6. The van der Waals surface area contributed by atoms with Crippen LogP contribution in [0.2, 0.25) is 0 Å². The van der Waals surface area contributed by atoms with E-state index in [0.717, 1.165) is 0 Å². The van der Waals surface area contributed by atoms with Gasteiger partial charge in [-0.15, -0.1) is 0 Å². The molecule has 0 spiro atoms. The number of nitrogen functional groups attached to an aromatic ring is 1. The van der Waals surface area contributed by atoms with Gasteiger partial charge in [0, 0.05) is 33.8 Å². The summed E-state index contributed by atoms with van der Waals surface area (Å²) >= 11 is 0. The van der Waals surface area contributed by atoms with Crippen LogP contribution in [0.1, 0.15) is 10.4 Å². The minimum Gasteiger partial charge on any atom is -0.507 e. The first-order chi connectivity index (χ1) is 11.8. The zero-order valence-electron chi connectivity index (χ0n) is 12.8. The number of benzene rings is 3.